The number of carbonyl (C=O) groups excluding carboxylic acids is 3. The van der Waals surface area contributed by atoms with Gasteiger partial charge in [-0.05, 0) is 66.8 Å². The molecular weight excluding hydrogens is 490 g/mol. The highest BCUT2D eigenvalue weighted by molar-refractivity contribution is 6.30. The van der Waals surface area contributed by atoms with Gasteiger partial charge in [0.05, 0.1) is 6.04 Å². The van der Waals surface area contributed by atoms with E-state index in [4.69, 9.17) is 11.6 Å². The number of anilines is 1. The zero-order valence-electron chi connectivity index (χ0n) is 20.3. The maximum Gasteiger partial charge on any atom is 0.323 e. The molecule has 3 amide bonds. The molecule has 0 aliphatic carbocycles. The summed E-state index contributed by atoms with van der Waals surface area (Å²) in [5, 5.41) is 3.33. The maximum absolute atomic E-state index is 13.8. The molecular formula is C28H28ClN5O3. The minimum atomic E-state index is -0.612. The van der Waals surface area contributed by atoms with Gasteiger partial charge in [0.2, 0.25) is 0 Å². The van der Waals surface area contributed by atoms with Crippen LogP contribution in [0.25, 0.3) is 0 Å². The van der Waals surface area contributed by atoms with Crippen molar-refractivity contribution in [1.29, 1.82) is 0 Å². The van der Waals surface area contributed by atoms with Crippen LogP contribution in [0.15, 0.2) is 67.0 Å². The molecule has 5 rings (SSSR count). The summed E-state index contributed by atoms with van der Waals surface area (Å²) in [6, 6.07) is 15.3. The summed E-state index contributed by atoms with van der Waals surface area (Å²) in [5.74, 6) is 0.496. The first kappa shape index (κ1) is 24.9. The molecule has 190 valence electrons. The van der Waals surface area contributed by atoms with Crippen molar-refractivity contribution in [3.05, 3.63) is 88.8 Å². The average molecular weight is 518 g/mol. The summed E-state index contributed by atoms with van der Waals surface area (Å²) in [5.41, 5.74) is 1.95. The van der Waals surface area contributed by atoms with Crippen LogP contribution in [0.4, 0.5) is 10.6 Å². The molecule has 4 heterocycles. The predicted octanol–water partition coefficient (Wildman–Crippen LogP) is 4.25. The lowest BCUT2D eigenvalue weighted by Crippen LogP contribution is -2.49. The molecule has 0 radical (unpaired) electrons. The molecule has 2 aromatic heterocycles. The van der Waals surface area contributed by atoms with Crippen LogP contribution < -0.4 is 5.32 Å². The first-order valence-corrected chi connectivity index (χ1v) is 12.8. The quantitative estimate of drug-likeness (QED) is 0.546. The van der Waals surface area contributed by atoms with E-state index in [-0.39, 0.29) is 30.1 Å². The highest BCUT2D eigenvalue weighted by atomic mass is 35.5. The molecule has 1 atom stereocenters. The van der Waals surface area contributed by atoms with E-state index in [0.717, 1.165) is 18.5 Å². The van der Waals surface area contributed by atoms with E-state index in [1.165, 1.54) is 0 Å². The van der Waals surface area contributed by atoms with Gasteiger partial charge in [-0.3, -0.25) is 19.9 Å². The van der Waals surface area contributed by atoms with E-state index >= 15 is 0 Å². The number of amides is 3. The lowest BCUT2D eigenvalue weighted by Gasteiger charge is -2.37. The molecule has 2 aliphatic heterocycles. The SMILES string of the molecule is O=C1Cc2cc(Cl)ccc2C(=O)N(CC2CCN(C(=O)Nc3ccccn3)CC2)[C@@H]1Cc1ccccn1. The molecule has 3 aromatic rings. The number of ketones is 1. The topological polar surface area (TPSA) is 95.5 Å². The van der Waals surface area contributed by atoms with Crippen LogP contribution in [0.5, 0.6) is 0 Å². The van der Waals surface area contributed by atoms with Gasteiger partial charge in [0.15, 0.2) is 5.78 Å². The number of hydrogen-bond acceptors (Lipinski definition) is 5. The minimum Gasteiger partial charge on any atom is -0.328 e. The van der Waals surface area contributed by atoms with Crippen LogP contribution in [0.2, 0.25) is 5.02 Å². The summed E-state index contributed by atoms with van der Waals surface area (Å²) in [4.78, 5) is 52.0. The van der Waals surface area contributed by atoms with Crippen LogP contribution >= 0.6 is 11.6 Å². The Hall–Kier alpha value is -3.78. The van der Waals surface area contributed by atoms with Crippen molar-refractivity contribution >= 4 is 35.1 Å². The third-order valence-electron chi connectivity index (χ3n) is 7.06. The molecule has 0 saturated carbocycles. The zero-order valence-corrected chi connectivity index (χ0v) is 21.1. The van der Waals surface area contributed by atoms with Crippen LogP contribution in [0, 0.1) is 5.92 Å². The average Bonchev–Trinajstić information content (AvgIpc) is 3.00. The van der Waals surface area contributed by atoms with Crippen LogP contribution in [-0.2, 0) is 17.6 Å². The Balaban J connectivity index is 1.31. The number of nitrogens with one attached hydrogen (secondary N) is 1. The molecule has 1 fully saturated rings. The Morgan fingerprint density at radius 3 is 2.46 bits per heavy atom. The van der Waals surface area contributed by atoms with Gasteiger partial charge in [0.1, 0.15) is 5.82 Å². The number of piperidine rings is 1. The van der Waals surface area contributed by atoms with Gasteiger partial charge in [-0.1, -0.05) is 23.7 Å². The normalized spacial score (nSPS) is 18.4. The lowest BCUT2D eigenvalue weighted by atomic mass is 9.94. The Labute approximate surface area is 220 Å². The van der Waals surface area contributed by atoms with Gasteiger partial charge in [0.25, 0.3) is 5.91 Å². The largest absolute Gasteiger partial charge is 0.328 e. The Morgan fingerprint density at radius 1 is 1.00 bits per heavy atom. The van der Waals surface area contributed by atoms with Crippen molar-refractivity contribution < 1.29 is 14.4 Å². The van der Waals surface area contributed by atoms with E-state index in [2.05, 4.69) is 15.3 Å². The van der Waals surface area contributed by atoms with Gasteiger partial charge in [0, 0.05) is 61.1 Å². The standard InChI is InChI=1S/C28H28ClN5O3/c29-21-7-8-23-20(15-21)16-25(35)24(17-22-5-1-3-11-30-22)34(27(23)36)18-19-9-13-33(14-10-19)28(37)32-26-6-2-4-12-31-26/h1-8,11-12,15,19,24H,9-10,13-14,16-18H2,(H,31,32,37)/t24-/m1/s1. The molecule has 2 aliphatic rings. The van der Waals surface area contributed by atoms with Crippen molar-refractivity contribution in [1.82, 2.24) is 19.8 Å². The van der Waals surface area contributed by atoms with Gasteiger partial charge in [-0.25, -0.2) is 9.78 Å². The molecule has 0 spiro atoms. The van der Waals surface area contributed by atoms with Gasteiger partial charge in [-0.15, -0.1) is 0 Å². The predicted molar refractivity (Wildman–Crippen MR) is 140 cm³/mol. The van der Waals surface area contributed by atoms with E-state index in [9.17, 15) is 14.4 Å². The van der Waals surface area contributed by atoms with E-state index in [1.807, 2.05) is 24.3 Å². The number of halogens is 1. The molecule has 1 N–H and O–H groups in total. The number of Topliss-reactive ketones (excluding diaryl/α,β-unsaturated/α-hetero) is 1. The first-order valence-electron chi connectivity index (χ1n) is 12.5. The maximum atomic E-state index is 13.8. The Kier molecular flexibility index (Phi) is 7.46. The zero-order chi connectivity index (χ0) is 25.8. The summed E-state index contributed by atoms with van der Waals surface area (Å²) >= 11 is 6.19. The van der Waals surface area contributed by atoms with Gasteiger partial charge in [-0.2, -0.15) is 0 Å². The minimum absolute atomic E-state index is 0.0211. The Morgan fingerprint density at radius 2 is 1.76 bits per heavy atom. The smallest absolute Gasteiger partial charge is 0.323 e. The fraction of sp³-hybridized carbons (Fsp3) is 0.321. The summed E-state index contributed by atoms with van der Waals surface area (Å²) < 4.78 is 0. The number of aromatic nitrogens is 2. The van der Waals surface area contributed by atoms with Crippen molar-refractivity contribution in [2.45, 2.75) is 31.7 Å². The molecule has 0 unspecified atom stereocenters. The molecule has 0 bridgehead atoms. The van der Waals surface area contributed by atoms with E-state index in [0.29, 0.717) is 48.0 Å². The summed E-state index contributed by atoms with van der Waals surface area (Å²) in [6.45, 7) is 1.58. The van der Waals surface area contributed by atoms with Gasteiger partial charge < -0.3 is 9.80 Å². The number of pyridine rings is 2. The second kappa shape index (κ2) is 11.1. The van der Waals surface area contributed by atoms with Crippen molar-refractivity contribution in [3.8, 4) is 0 Å². The van der Waals surface area contributed by atoms with Crippen molar-refractivity contribution in [2.75, 3.05) is 25.0 Å². The highest BCUT2D eigenvalue weighted by Gasteiger charge is 2.37. The number of hydrogen-bond donors (Lipinski definition) is 1. The summed E-state index contributed by atoms with van der Waals surface area (Å²) in [6.07, 6.45) is 5.31. The fourth-order valence-electron chi connectivity index (χ4n) is 5.07. The molecule has 9 heteroatoms. The second-order valence-electron chi connectivity index (χ2n) is 9.52. The first-order chi connectivity index (χ1) is 18.0. The number of fused-ring (bicyclic) bond motifs is 1. The fourth-order valence-corrected chi connectivity index (χ4v) is 5.26. The van der Waals surface area contributed by atoms with E-state index < -0.39 is 6.04 Å². The van der Waals surface area contributed by atoms with Crippen LogP contribution in [-0.4, -0.2) is 63.2 Å². The third kappa shape index (κ3) is 5.80. The number of nitrogens with zero attached hydrogens (tertiary/aromatic N) is 4. The third-order valence-corrected chi connectivity index (χ3v) is 7.29. The molecule has 1 saturated heterocycles. The molecule has 37 heavy (non-hydrogen) atoms. The monoisotopic (exact) mass is 517 g/mol. The van der Waals surface area contributed by atoms with Gasteiger partial charge >= 0.3 is 6.03 Å². The van der Waals surface area contributed by atoms with Crippen molar-refractivity contribution in [3.63, 3.8) is 0 Å². The second-order valence-corrected chi connectivity index (χ2v) is 9.96. The number of likely N-dealkylation sites (tertiary alicyclic amines) is 1. The Bertz CT molecular complexity index is 1280. The number of urea groups is 1. The summed E-state index contributed by atoms with van der Waals surface area (Å²) in [7, 11) is 0. The molecule has 8 nitrogen and oxygen atoms in total. The van der Waals surface area contributed by atoms with Crippen LogP contribution in [0.1, 0.15) is 34.5 Å². The molecule has 1 aromatic carbocycles. The number of carbonyl (C=O) groups is 3. The number of benzene rings is 1. The van der Waals surface area contributed by atoms with Crippen molar-refractivity contribution in [2.24, 2.45) is 5.92 Å². The number of rotatable bonds is 5. The van der Waals surface area contributed by atoms with Crippen LogP contribution in [0.3, 0.4) is 0 Å². The highest BCUT2D eigenvalue weighted by Crippen LogP contribution is 2.28. The lowest BCUT2D eigenvalue weighted by molar-refractivity contribution is -0.122. The van der Waals surface area contributed by atoms with E-state index in [1.54, 1.807) is 52.5 Å².